The van der Waals surface area contributed by atoms with Gasteiger partial charge in [0.25, 0.3) is 5.88 Å². The Hall–Kier alpha value is -0.530. The summed E-state index contributed by atoms with van der Waals surface area (Å²) in [4.78, 5) is 4.25. The van der Waals surface area contributed by atoms with Crippen LogP contribution in [0, 0.1) is 0 Å². The molecule has 0 spiro atoms. The van der Waals surface area contributed by atoms with Gasteiger partial charge in [0.05, 0.1) is 5.52 Å². The largest absolute Gasteiger partial charge is 0.413 e. The Morgan fingerprint density at radius 1 is 0.875 bits per heavy atom. The lowest BCUT2D eigenvalue weighted by molar-refractivity contribution is 0.550. The van der Waals surface area contributed by atoms with E-state index in [-0.39, 0.29) is 5.88 Å². The fourth-order valence-corrected chi connectivity index (χ4v) is 2.17. The molecule has 0 aliphatic rings. The first-order chi connectivity index (χ1) is 7.81. The molecular weight excluding hydrogens is 410 g/mol. The first-order valence-corrected chi connectivity index (χ1v) is 6.04. The van der Waals surface area contributed by atoms with Crippen LogP contribution >= 0.6 is 48.8 Å². The molecule has 4 nitrogen and oxygen atoms in total. The smallest absolute Gasteiger partial charge is 0.275 e. The Labute approximate surface area is 117 Å². The zero-order chi connectivity index (χ0) is 11.5. The number of nitrogens with zero attached hydrogens (tertiary/aromatic N) is 1. The van der Waals surface area contributed by atoms with Crippen LogP contribution in [0.2, 0.25) is 0 Å². The topological polar surface area (TPSA) is 40.6 Å². The minimum absolute atomic E-state index is 0.269. The van der Waals surface area contributed by atoms with Crippen molar-refractivity contribution in [3.63, 3.8) is 0 Å². The van der Waals surface area contributed by atoms with E-state index in [4.69, 9.17) is 11.5 Å². The second kappa shape index (κ2) is 5.20. The number of fused-ring (bicyclic) bond motifs is 1. The predicted octanol–water partition coefficient (Wildman–Crippen LogP) is 4.30. The van der Waals surface area contributed by atoms with Crippen LogP contribution in [0.1, 0.15) is 0 Å². The molecule has 0 aliphatic carbocycles. The summed E-state index contributed by atoms with van der Waals surface area (Å²) in [6.45, 7) is 0. The van der Waals surface area contributed by atoms with E-state index < -0.39 is 0 Å². The second-order valence-corrected chi connectivity index (χ2v) is 3.80. The number of rotatable bonds is 3. The monoisotopic (exact) mass is 411 g/mol. The van der Waals surface area contributed by atoms with Gasteiger partial charge in [-0.05, 0) is 12.1 Å². The molecule has 0 radical (unpaired) electrons. The van der Waals surface area contributed by atoms with Crippen molar-refractivity contribution in [1.29, 1.82) is 0 Å². The van der Waals surface area contributed by atoms with E-state index in [2.05, 4.69) is 53.8 Å². The van der Waals surface area contributed by atoms with Crippen molar-refractivity contribution in [2.24, 2.45) is 0 Å². The van der Waals surface area contributed by atoms with Gasteiger partial charge in [-0.2, -0.15) is 0 Å². The van der Waals surface area contributed by atoms with Crippen LogP contribution in [0.15, 0.2) is 24.3 Å². The van der Waals surface area contributed by atoms with Gasteiger partial charge in [-0.15, -0.1) is 0 Å². The fourth-order valence-electron chi connectivity index (χ4n) is 1.34. The van der Waals surface area contributed by atoms with Crippen molar-refractivity contribution < 1.29 is 11.5 Å². The standard InChI is InChI=1S/C9H4Br3NO3/c10-14-7-5-3-1-2-4-6(5)13-9(16-12)8(7)15-11/h1-4H. The Morgan fingerprint density at radius 3 is 2.19 bits per heavy atom. The highest BCUT2D eigenvalue weighted by atomic mass is 79.9. The van der Waals surface area contributed by atoms with Gasteiger partial charge in [0.15, 0.2) is 54.5 Å². The van der Waals surface area contributed by atoms with Crippen LogP contribution in [-0.4, -0.2) is 4.98 Å². The molecule has 2 aromatic rings. The summed E-state index contributed by atoms with van der Waals surface area (Å²) < 4.78 is 15.0. The molecule has 0 fully saturated rings. The van der Waals surface area contributed by atoms with Gasteiger partial charge in [0.1, 0.15) is 0 Å². The quantitative estimate of drug-likeness (QED) is 0.752. The molecule has 0 saturated heterocycles. The van der Waals surface area contributed by atoms with Gasteiger partial charge in [0, 0.05) is 5.39 Å². The number of aromatic nitrogens is 1. The summed E-state index contributed by atoms with van der Waals surface area (Å²) in [5.41, 5.74) is 0.736. The summed E-state index contributed by atoms with van der Waals surface area (Å²) in [6, 6.07) is 7.47. The molecule has 1 aromatic carbocycles. The van der Waals surface area contributed by atoms with Crippen LogP contribution < -0.4 is 11.5 Å². The molecule has 1 heterocycles. The third-order valence-electron chi connectivity index (χ3n) is 2.00. The van der Waals surface area contributed by atoms with Gasteiger partial charge in [0.2, 0.25) is 5.75 Å². The van der Waals surface area contributed by atoms with Crippen LogP contribution in [0.3, 0.4) is 0 Å². The fraction of sp³-hybridized carbons (Fsp3) is 0. The Kier molecular flexibility index (Phi) is 3.88. The van der Waals surface area contributed by atoms with Gasteiger partial charge >= 0.3 is 0 Å². The lowest BCUT2D eigenvalue weighted by atomic mass is 10.2. The normalized spacial score (nSPS) is 10.2. The zero-order valence-electron chi connectivity index (χ0n) is 7.62. The SMILES string of the molecule is BrOc1nc2ccccc2c(OBr)c1OBr. The Bertz CT molecular complexity index is 521. The maximum atomic E-state index is 5.11. The number of hydrogen-bond donors (Lipinski definition) is 0. The Balaban J connectivity index is 2.82. The average molecular weight is 414 g/mol. The predicted molar refractivity (Wildman–Crippen MR) is 70.4 cm³/mol. The zero-order valence-corrected chi connectivity index (χ0v) is 12.4. The van der Waals surface area contributed by atoms with E-state index >= 15 is 0 Å². The molecule has 16 heavy (non-hydrogen) atoms. The molecule has 1 aromatic heterocycles. The van der Waals surface area contributed by atoms with E-state index in [1.165, 1.54) is 0 Å². The van der Waals surface area contributed by atoms with Gasteiger partial charge < -0.3 is 11.5 Å². The number of hydrogen-bond acceptors (Lipinski definition) is 4. The van der Waals surface area contributed by atoms with E-state index in [9.17, 15) is 0 Å². The minimum Gasteiger partial charge on any atom is -0.413 e. The van der Waals surface area contributed by atoms with Gasteiger partial charge in [-0.1, -0.05) is 12.1 Å². The van der Waals surface area contributed by atoms with E-state index in [0.29, 0.717) is 11.5 Å². The van der Waals surface area contributed by atoms with Crippen molar-refractivity contribution >= 4 is 59.7 Å². The molecule has 0 atom stereocenters. The van der Waals surface area contributed by atoms with E-state index in [0.717, 1.165) is 10.9 Å². The molecule has 0 amide bonds. The molecule has 0 aliphatic heterocycles. The van der Waals surface area contributed by atoms with Crippen LogP contribution in [0.4, 0.5) is 0 Å². The summed E-state index contributed by atoms with van der Waals surface area (Å²) in [5, 5.41) is 0.808. The van der Waals surface area contributed by atoms with E-state index in [1.807, 2.05) is 24.3 Å². The Morgan fingerprint density at radius 2 is 1.56 bits per heavy atom. The van der Waals surface area contributed by atoms with Crippen molar-refractivity contribution in [2.45, 2.75) is 0 Å². The summed E-state index contributed by atoms with van der Waals surface area (Å²) in [6.07, 6.45) is 0. The molecule has 0 bridgehead atoms. The lowest BCUT2D eigenvalue weighted by Crippen LogP contribution is -1.91. The first kappa shape index (κ1) is 11.9. The third-order valence-corrected chi connectivity index (χ3v) is 2.95. The second-order valence-electron chi connectivity index (χ2n) is 2.82. The highest BCUT2D eigenvalue weighted by Crippen LogP contribution is 2.43. The number of halogens is 3. The van der Waals surface area contributed by atoms with Crippen molar-refractivity contribution in [3.05, 3.63) is 24.3 Å². The number of benzene rings is 1. The average Bonchev–Trinajstić information content (AvgIpc) is 2.36. The summed E-state index contributed by atoms with van der Waals surface area (Å²) in [7, 11) is 0. The highest BCUT2D eigenvalue weighted by Gasteiger charge is 2.18. The molecule has 84 valence electrons. The van der Waals surface area contributed by atoms with Crippen LogP contribution in [0.5, 0.6) is 17.4 Å². The molecule has 0 unspecified atom stereocenters. The highest BCUT2D eigenvalue weighted by molar-refractivity contribution is 9.06. The molecular formula is C9H4Br3NO3. The maximum absolute atomic E-state index is 5.11. The molecule has 2 rings (SSSR count). The molecule has 7 heteroatoms. The number of pyridine rings is 1. The van der Waals surface area contributed by atoms with Gasteiger partial charge in [-0.25, -0.2) is 4.98 Å². The third kappa shape index (κ3) is 1.99. The summed E-state index contributed by atoms with van der Waals surface area (Å²) >= 11 is 8.68. The van der Waals surface area contributed by atoms with Crippen LogP contribution in [-0.2, 0) is 0 Å². The summed E-state index contributed by atoms with van der Waals surface area (Å²) in [5.74, 6) is 1.09. The molecule has 0 saturated carbocycles. The van der Waals surface area contributed by atoms with Crippen molar-refractivity contribution in [1.82, 2.24) is 4.98 Å². The van der Waals surface area contributed by atoms with Crippen molar-refractivity contribution in [2.75, 3.05) is 0 Å². The lowest BCUT2D eigenvalue weighted by Gasteiger charge is -2.09. The van der Waals surface area contributed by atoms with Gasteiger partial charge in [-0.3, -0.25) is 0 Å². The first-order valence-electron chi connectivity index (χ1n) is 4.10. The van der Waals surface area contributed by atoms with Crippen molar-refractivity contribution in [3.8, 4) is 17.4 Å². The maximum Gasteiger partial charge on any atom is 0.275 e. The minimum atomic E-state index is 0.269. The van der Waals surface area contributed by atoms with Crippen LogP contribution in [0.25, 0.3) is 10.9 Å². The molecule has 0 N–H and O–H groups in total. The number of para-hydroxylation sites is 1. The van der Waals surface area contributed by atoms with E-state index in [1.54, 1.807) is 0 Å².